The average molecular weight is 328 g/mol. The Morgan fingerprint density at radius 2 is 1.88 bits per heavy atom. The molecular weight excluding hydrogens is 312 g/mol. The lowest BCUT2D eigenvalue weighted by Crippen LogP contribution is -2.36. The number of aryl methyl sites for hydroxylation is 1. The SMILES string of the molecule is Cn1c(=O)c2[nH]c(CNC(=O)c3ccc(N)cc3)nc2n(C)c1=O. The van der Waals surface area contributed by atoms with Crippen LogP contribution in [-0.2, 0) is 20.6 Å². The van der Waals surface area contributed by atoms with Gasteiger partial charge in [-0.15, -0.1) is 0 Å². The third kappa shape index (κ3) is 2.56. The highest BCUT2D eigenvalue weighted by Gasteiger charge is 2.14. The molecule has 2 aromatic heterocycles. The molecule has 124 valence electrons. The smallest absolute Gasteiger partial charge is 0.332 e. The fraction of sp³-hybridized carbons (Fsp3) is 0.200. The van der Waals surface area contributed by atoms with Gasteiger partial charge in [-0.3, -0.25) is 18.7 Å². The van der Waals surface area contributed by atoms with E-state index in [0.29, 0.717) is 17.1 Å². The summed E-state index contributed by atoms with van der Waals surface area (Å²) in [6, 6.07) is 6.50. The van der Waals surface area contributed by atoms with Gasteiger partial charge in [0.1, 0.15) is 11.3 Å². The van der Waals surface area contributed by atoms with Crippen molar-refractivity contribution in [1.29, 1.82) is 0 Å². The van der Waals surface area contributed by atoms with E-state index in [9.17, 15) is 14.4 Å². The van der Waals surface area contributed by atoms with Gasteiger partial charge in [-0.1, -0.05) is 0 Å². The highest BCUT2D eigenvalue weighted by atomic mass is 16.2. The summed E-state index contributed by atoms with van der Waals surface area (Å²) in [6.45, 7) is 0.0925. The van der Waals surface area contributed by atoms with Gasteiger partial charge in [-0.25, -0.2) is 9.78 Å². The average Bonchev–Trinajstić information content (AvgIpc) is 3.01. The molecule has 0 bridgehead atoms. The predicted octanol–water partition coefficient (Wildman–Crippen LogP) is -0.527. The van der Waals surface area contributed by atoms with Gasteiger partial charge in [-0.05, 0) is 24.3 Å². The Morgan fingerprint density at radius 3 is 2.54 bits per heavy atom. The molecule has 4 N–H and O–H groups in total. The molecule has 0 saturated carbocycles. The van der Waals surface area contributed by atoms with Gasteiger partial charge in [0.2, 0.25) is 0 Å². The molecule has 0 fully saturated rings. The van der Waals surface area contributed by atoms with Gasteiger partial charge in [0.05, 0.1) is 6.54 Å². The van der Waals surface area contributed by atoms with E-state index in [2.05, 4.69) is 15.3 Å². The summed E-state index contributed by atoms with van der Waals surface area (Å²) in [4.78, 5) is 43.1. The Labute approximate surface area is 135 Å². The number of nitrogens with one attached hydrogen (secondary N) is 2. The first kappa shape index (κ1) is 15.5. The van der Waals surface area contributed by atoms with Crippen molar-refractivity contribution < 1.29 is 4.79 Å². The maximum atomic E-state index is 12.1. The van der Waals surface area contributed by atoms with E-state index in [1.807, 2.05) is 0 Å². The van der Waals surface area contributed by atoms with E-state index in [1.165, 1.54) is 18.7 Å². The summed E-state index contributed by atoms with van der Waals surface area (Å²) >= 11 is 0. The van der Waals surface area contributed by atoms with E-state index in [4.69, 9.17) is 5.73 Å². The van der Waals surface area contributed by atoms with Crippen molar-refractivity contribution >= 4 is 22.8 Å². The van der Waals surface area contributed by atoms with Crippen LogP contribution in [-0.4, -0.2) is 25.0 Å². The fourth-order valence-corrected chi connectivity index (χ4v) is 2.36. The number of nitrogens with two attached hydrogens (primary N) is 1. The molecule has 9 nitrogen and oxygen atoms in total. The van der Waals surface area contributed by atoms with Crippen LogP contribution in [0.15, 0.2) is 33.9 Å². The molecule has 1 aromatic carbocycles. The number of aromatic amines is 1. The third-order valence-corrected chi connectivity index (χ3v) is 3.73. The van der Waals surface area contributed by atoms with Crippen molar-refractivity contribution in [3.05, 3.63) is 56.5 Å². The zero-order valence-electron chi connectivity index (χ0n) is 13.2. The zero-order chi connectivity index (χ0) is 17.4. The number of carbonyl (C=O) groups is 1. The van der Waals surface area contributed by atoms with Crippen molar-refractivity contribution in [2.45, 2.75) is 6.54 Å². The van der Waals surface area contributed by atoms with E-state index < -0.39 is 11.2 Å². The lowest BCUT2D eigenvalue weighted by molar-refractivity contribution is 0.0950. The Balaban J connectivity index is 1.86. The monoisotopic (exact) mass is 328 g/mol. The molecule has 0 aliphatic rings. The zero-order valence-corrected chi connectivity index (χ0v) is 13.2. The van der Waals surface area contributed by atoms with Gasteiger partial charge in [0, 0.05) is 25.3 Å². The molecule has 0 aliphatic heterocycles. The summed E-state index contributed by atoms with van der Waals surface area (Å²) in [6.07, 6.45) is 0. The summed E-state index contributed by atoms with van der Waals surface area (Å²) in [5.41, 5.74) is 6.16. The minimum absolute atomic E-state index is 0.0925. The van der Waals surface area contributed by atoms with Crippen LogP contribution >= 0.6 is 0 Å². The number of fused-ring (bicyclic) bond motifs is 1. The van der Waals surface area contributed by atoms with Gasteiger partial charge >= 0.3 is 5.69 Å². The number of benzene rings is 1. The molecule has 0 radical (unpaired) electrons. The summed E-state index contributed by atoms with van der Waals surface area (Å²) < 4.78 is 2.27. The Hall–Kier alpha value is -3.36. The second-order valence-electron chi connectivity index (χ2n) is 5.39. The summed E-state index contributed by atoms with van der Waals surface area (Å²) in [7, 11) is 2.93. The molecule has 0 aliphatic carbocycles. The quantitative estimate of drug-likeness (QED) is 0.557. The number of carbonyl (C=O) groups excluding carboxylic acids is 1. The van der Waals surface area contributed by atoms with Crippen molar-refractivity contribution in [1.82, 2.24) is 24.4 Å². The molecule has 0 unspecified atom stereocenters. The molecule has 1 amide bonds. The number of amides is 1. The first-order chi connectivity index (χ1) is 11.4. The number of hydrogen-bond acceptors (Lipinski definition) is 5. The molecule has 0 spiro atoms. The van der Waals surface area contributed by atoms with Crippen LogP contribution in [0.4, 0.5) is 5.69 Å². The molecule has 3 aromatic rings. The number of nitrogens with zero attached hydrogens (tertiary/aromatic N) is 3. The van der Waals surface area contributed by atoms with Crippen LogP contribution in [0.2, 0.25) is 0 Å². The number of aromatic nitrogens is 4. The van der Waals surface area contributed by atoms with Crippen LogP contribution in [0.3, 0.4) is 0 Å². The van der Waals surface area contributed by atoms with Crippen molar-refractivity contribution in [2.24, 2.45) is 14.1 Å². The number of rotatable bonds is 3. The van der Waals surface area contributed by atoms with Crippen molar-refractivity contribution in [3.8, 4) is 0 Å². The molecule has 24 heavy (non-hydrogen) atoms. The van der Waals surface area contributed by atoms with Crippen LogP contribution in [0.25, 0.3) is 11.2 Å². The predicted molar refractivity (Wildman–Crippen MR) is 88.6 cm³/mol. The maximum absolute atomic E-state index is 12.1. The normalized spacial score (nSPS) is 10.9. The van der Waals surface area contributed by atoms with Crippen LogP contribution in [0.5, 0.6) is 0 Å². The second kappa shape index (κ2) is 5.69. The van der Waals surface area contributed by atoms with E-state index >= 15 is 0 Å². The second-order valence-corrected chi connectivity index (χ2v) is 5.39. The van der Waals surface area contributed by atoms with Crippen molar-refractivity contribution in [2.75, 3.05) is 5.73 Å². The Kier molecular flexibility index (Phi) is 3.68. The maximum Gasteiger partial charge on any atom is 0.332 e. The highest BCUT2D eigenvalue weighted by Crippen LogP contribution is 2.07. The molecule has 9 heteroatoms. The summed E-state index contributed by atoms with van der Waals surface area (Å²) in [5.74, 6) is 0.0874. The van der Waals surface area contributed by atoms with Crippen LogP contribution < -0.4 is 22.3 Å². The number of hydrogen-bond donors (Lipinski definition) is 3. The highest BCUT2D eigenvalue weighted by molar-refractivity contribution is 5.94. The Morgan fingerprint density at radius 1 is 1.21 bits per heavy atom. The standard InChI is InChI=1S/C15H16N6O3/c1-20-12-11(14(23)21(2)15(20)24)18-10(19-12)7-17-13(22)8-3-5-9(16)6-4-8/h3-6H,7,16H2,1-2H3,(H,17,22)(H,18,19). The van der Waals surface area contributed by atoms with Gasteiger partial charge < -0.3 is 16.0 Å². The van der Waals surface area contributed by atoms with Crippen molar-refractivity contribution in [3.63, 3.8) is 0 Å². The van der Waals surface area contributed by atoms with Gasteiger partial charge in [-0.2, -0.15) is 0 Å². The van der Waals surface area contributed by atoms with Gasteiger partial charge in [0.15, 0.2) is 5.65 Å². The number of anilines is 1. The fourth-order valence-electron chi connectivity index (χ4n) is 2.36. The minimum Gasteiger partial charge on any atom is -0.399 e. The topological polar surface area (TPSA) is 128 Å². The van der Waals surface area contributed by atoms with E-state index in [0.717, 1.165) is 4.57 Å². The lowest BCUT2D eigenvalue weighted by atomic mass is 10.2. The first-order valence-corrected chi connectivity index (χ1v) is 7.17. The largest absolute Gasteiger partial charge is 0.399 e. The first-order valence-electron chi connectivity index (χ1n) is 7.17. The van der Waals surface area contributed by atoms with Crippen LogP contribution in [0, 0.1) is 0 Å². The lowest BCUT2D eigenvalue weighted by Gasteiger charge is -2.03. The molecule has 3 rings (SSSR count). The number of imidazole rings is 1. The van der Waals surface area contributed by atoms with Gasteiger partial charge in [0.25, 0.3) is 11.5 Å². The molecule has 2 heterocycles. The number of nitrogen functional groups attached to an aromatic ring is 1. The molecule has 0 saturated heterocycles. The summed E-state index contributed by atoms with van der Waals surface area (Å²) in [5, 5.41) is 2.69. The number of H-pyrrole nitrogens is 1. The van der Waals surface area contributed by atoms with E-state index in [1.54, 1.807) is 24.3 Å². The third-order valence-electron chi connectivity index (χ3n) is 3.73. The van der Waals surface area contributed by atoms with E-state index in [-0.39, 0.29) is 23.6 Å². The molecule has 0 atom stereocenters. The Bertz CT molecular complexity index is 1040. The van der Waals surface area contributed by atoms with Crippen LogP contribution in [0.1, 0.15) is 16.2 Å². The minimum atomic E-state index is -0.462. The molecular formula is C15H16N6O3.